The molecule has 0 spiro atoms. The zero-order chi connectivity index (χ0) is 18.4. The number of benzene rings is 1. The molecule has 25 heavy (non-hydrogen) atoms. The molecule has 0 aliphatic carbocycles. The Hall–Kier alpha value is -2.15. The smallest absolute Gasteiger partial charge is 0.226 e. The summed E-state index contributed by atoms with van der Waals surface area (Å²) in [5.41, 5.74) is 2.80. The van der Waals surface area contributed by atoms with Gasteiger partial charge in [-0.3, -0.25) is 4.79 Å². The fourth-order valence-electron chi connectivity index (χ4n) is 3.00. The number of hydrogen-bond donors (Lipinski definition) is 1. The molecule has 0 radical (unpaired) electrons. The van der Waals surface area contributed by atoms with Crippen molar-refractivity contribution in [1.82, 2.24) is 9.78 Å². The fraction of sp³-hybridized carbons (Fsp3) is 0.444. The van der Waals surface area contributed by atoms with E-state index in [0.717, 1.165) is 11.3 Å². The summed E-state index contributed by atoms with van der Waals surface area (Å²) in [5, 5.41) is 7.40. The zero-order valence-electron chi connectivity index (χ0n) is 15.0. The van der Waals surface area contributed by atoms with Crippen molar-refractivity contribution < 1.29 is 13.2 Å². The number of carbonyl (C=O) groups is 1. The van der Waals surface area contributed by atoms with Crippen LogP contribution in [0.15, 0.2) is 24.3 Å². The third-order valence-corrected chi connectivity index (χ3v) is 5.52. The van der Waals surface area contributed by atoms with Crippen molar-refractivity contribution in [2.45, 2.75) is 45.6 Å². The number of hydrogen-bond acceptors (Lipinski definition) is 4. The molecule has 0 bridgehead atoms. The van der Waals surface area contributed by atoms with Crippen LogP contribution in [0.5, 0.6) is 0 Å². The molecule has 134 valence electrons. The second-order valence-corrected chi connectivity index (χ2v) is 9.85. The minimum absolute atomic E-state index is 0.0800. The van der Waals surface area contributed by atoms with Crippen molar-refractivity contribution in [3.05, 3.63) is 41.1 Å². The highest BCUT2D eigenvalue weighted by atomic mass is 32.2. The number of aryl methyl sites for hydroxylation is 1. The lowest BCUT2D eigenvalue weighted by atomic mass is 9.92. The van der Waals surface area contributed by atoms with Crippen molar-refractivity contribution >= 4 is 21.6 Å². The summed E-state index contributed by atoms with van der Waals surface area (Å²) in [6.07, 6.45) is 0.341. The van der Waals surface area contributed by atoms with E-state index in [4.69, 9.17) is 0 Å². The van der Waals surface area contributed by atoms with E-state index in [1.807, 2.05) is 52.0 Å². The SMILES string of the molecule is Cc1ccccc1-n1nc2c(c1NC(=O)CC(C)(C)C)CS(=O)(=O)C2. The normalized spacial score (nSPS) is 15.8. The number of amides is 1. The van der Waals surface area contributed by atoms with Gasteiger partial charge >= 0.3 is 0 Å². The van der Waals surface area contributed by atoms with Crippen LogP contribution in [0.25, 0.3) is 5.69 Å². The van der Waals surface area contributed by atoms with Gasteiger partial charge in [-0.1, -0.05) is 39.0 Å². The van der Waals surface area contributed by atoms with Gasteiger partial charge in [-0.15, -0.1) is 0 Å². The number of fused-ring (bicyclic) bond motifs is 1. The summed E-state index contributed by atoms with van der Waals surface area (Å²) < 4.78 is 25.6. The highest BCUT2D eigenvalue weighted by molar-refractivity contribution is 7.90. The molecular weight excluding hydrogens is 338 g/mol. The highest BCUT2D eigenvalue weighted by Gasteiger charge is 2.33. The molecule has 2 aromatic rings. The Balaban J connectivity index is 2.06. The molecule has 3 rings (SSSR count). The number of sulfone groups is 1. The first kappa shape index (κ1) is 17.7. The maximum Gasteiger partial charge on any atom is 0.226 e. The number of para-hydroxylation sites is 1. The van der Waals surface area contributed by atoms with Gasteiger partial charge in [0.25, 0.3) is 0 Å². The van der Waals surface area contributed by atoms with Crippen LogP contribution in [0.3, 0.4) is 0 Å². The lowest BCUT2D eigenvalue weighted by Gasteiger charge is -2.18. The molecule has 1 N–H and O–H groups in total. The first-order chi connectivity index (χ1) is 11.6. The predicted octanol–water partition coefficient (Wildman–Crippen LogP) is 2.98. The van der Waals surface area contributed by atoms with Crippen molar-refractivity contribution in [3.63, 3.8) is 0 Å². The Morgan fingerprint density at radius 1 is 1.24 bits per heavy atom. The Bertz CT molecular complexity index is 937. The lowest BCUT2D eigenvalue weighted by molar-refractivity contribution is -0.117. The van der Waals surface area contributed by atoms with Crippen molar-refractivity contribution in [2.75, 3.05) is 5.32 Å². The Morgan fingerprint density at radius 2 is 1.92 bits per heavy atom. The van der Waals surface area contributed by atoms with Crippen LogP contribution in [0.4, 0.5) is 5.82 Å². The average molecular weight is 361 g/mol. The largest absolute Gasteiger partial charge is 0.310 e. The molecule has 0 saturated carbocycles. The van der Waals surface area contributed by atoms with Crippen molar-refractivity contribution in [2.24, 2.45) is 5.41 Å². The first-order valence-corrected chi connectivity index (χ1v) is 10.0. The lowest BCUT2D eigenvalue weighted by Crippen LogP contribution is -2.22. The van der Waals surface area contributed by atoms with Gasteiger partial charge in [0.1, 0.15) is 5.82 Å². The van der Waals surface area contributed by atoms with E-state index >= 15 is 0 Å². The van der Waals surface area contributed by atoms with Gasteiger partial charge in [-0.05, 0) is 24.0 Å². The summed E-state index contributed by atoms with van der Waals surface area (Å²) in [5.74, 6) is 0.164. The average Bonchev–Trinajstić information content (AvgIpc) is 2.91. The van der Waals surface area contributed by atoms with E-state index in [0.29, 0.717) is 23.5 Å². The van der Waals surface area contributed by atoms with Crippen LogP contribution in [-0.2, 0) is 26.1 Å². The summed E-state index contributed by atoms with van der Waals surface area (Å²) in [6, 6.07) is 7.69. The molecule has 1 amide bonds. The van der Waals surface area contributed by atoms with Gasteiger partial charge in [0.15, 0.2) is 9.84 Å². The van der Waals surface area contributed by atoms with Crippen LogP contribution in [-0.4, -0.2) is 24.1 Å². The number of nitrogens with zero attached hydrogens (tertiary/aromatic N) is 2. The second kappa shape index (κ2) is 5.98. The van der Waals surface area contributed by atoms with Gasteiger partial charge in [-0.2, -0.15) is 5.10 Å². The Kier molecular flexibility index (Phi) is 4.23. The van der Waals surface area contributed by atoms with Gasteiger partial charge in [0, 0.05) is 12.0 Å². The third-order valence-electron chi connectivity index (χ3n) is 4.08. The third kappa shape index (κ3) is 3.76. The molecule has 1 aliphatic heterocycles. The number of aromatic nitrogens is 2. The molecule has 0 unspecified atom stereocenters. The first-order valence-electron chi connectivity index (χ1n) is 8.23. The van der Waals surface area contributed by atoms with E-state index in [-0.39, 0.29) is 22.8 Å². The summed E-state index contributed by atoms with van der Waals surface area (Å²) in [6.45, 7) is 7.92. The van der Waals surface area contributed by atoms with E-state index in [2.05, 4.69) is 10.4 Å². The molecule has 1 aromatic carbocycles. The maximum absolute atomic E-state index is 12.5. The number of carbonyl (C=O) groups excluding carboxylic acids is 1. The number of nitrogens with one attached hydrogen (secondary N) is 1. The molecule has 0 saturated heterocycles. The molecule has 6 nitrogen and oxygen atoms in total. The van der Waals surface area contributed by atoms with E-state index in [1.54, 1.807) is 4.68 Å². The molecule has 2 heterocycles. The van der Waals surface area contributed by atoms with Gasteiger partial charge in [0.05, 0.1) is 22.9 Å². The molecule has 0 fully saturated rings. The van der Waals surface area contributed by atoms with Gasteiger partial charge < -0.3 is 5.32 Å². The van der Waals surface area contributed by atoms with Crippen LogP contribution < -0.4 is 5.32 Å². The van der Waals surface area contributed by atoms with E-state index in [9.17, 15) is 13.2 Å². The summed E-state index contributed by atoms with van der Waals surface area (Å²) in [4.78, 5) is 12.5. The molecule has 0 atom stereocenters. The minimum Gasteiger partial charge on any atom is -0.310 e. The zero-order valence-corrected chi connectivity index (χ0v) is 15.8. The molecule has 1 aromatic heterocycles. The standard InChI is InChI=1S/C18H23N3O3S/c1-12-7-5-6-8-15(12)21-17(19-16(22)9-18(2,3)4)13-10-25(23,24)11-14(13)20-21/h5-8H,9-11H2,1-4H3,(H,19,22). The minimum atomic E-state index is -3.19. The predicted molar refractivity (Wildman–Crippen MR) is 97.3 cm³/mol. The van der Waals surface area contributed by atoms with Crippen LogP contribution in [0.2, 0.25) is 0 Å². The maximum atomic E-state index is 12.5. The molecule has 1 aliphatic rings. The van der Waals surface area contributed by atoms with Gasteiger partial charge in [0.2, 0.25) is 5.91 Å². The number of anilines is 1. The van der Waals surface area contributed by atoms with Crippen LogP contribution in [0.1, 0.15) is 44.0 Å². The quantitative estimate of drug-likeness (QED) is 0.911. The van der Waals surface area contributed by atoms with Crippen molar-refractivity contribution in [3.8, 4) is 5.69 Å². The monoisotopic (exact) mass is 361 g/mol. The number of rotatable bonds is 3. The molecular formula is C18H23N3O3S. The second-order valence-electron chi connectivity index (χ2n) is 7.79. The fourth-order valence-corrected chi connectivity index (χ4v) is 4.50. The topological polar surface area (TPSA) is 81.1 Å². The van der Waals surface area contributed by atoms with Crippen molar-refractivity contribution in [1.29, 1.82) is 0 Å². The Labute approximate surface area is 148 Å². The highest BCUT2D eigenvalue weighted by Crippen LogP contribution is 2.34. The van der Waals surface area contributed by atoms with E-state index < -0.39 is 9.84 Å². The van der Waals surface area contributed by atoms with Crippen LogP contribution in [0, 0.1) is 12.3 Å². The van der Waals surface area contributed by atoms with Gasteiger partial charge in [-0.25, -0.2) is 13.1 Å². The summed E-state index contributed by atoms with van der Waals surface area (Å²) in [7, 11) is -3.19. The summed E-state index contributed by atoms with van der Waals surface area (Å²) >= 11 is 0. The van der Waals surface area contributed by atoms with Crippen LogP contribution >= 0.6 is 0 Å². The Morgan fingerprint density at radius 3 is 2.56 bits per heavy atom. The van der Waals surface area contributed by atoms with E-state index in [1.165, 1.54) is 0 Å². The molecule has 7 heteroatoms.